The Balaban J connectivity index is 2.39. The van der Waals surface area contributed by atoms with Crippen molar-refractivity contribution in [1.29, 1.82) is 0 Å². The van der Waals surface area contributed by atoms with Crippen LogP contribution in [0.3, 0.4) is 0 Å². The van der Waals surface area contributed by atoms with E-state index in [2.05, 4.69) is 15.2 Å². The minimum absolute atomic E-state index is 0.0772. The Morgan fingerprint density at radius 2 is 2.47 bits per heavy atom. The predicted octanol–water partition coefficient (Wildman–Crippen LogP) is 1.54. The van der Waals surface area contributed by atoms with Gasteiger partial charge in [0.1, 0.15) is 11.0 Å². The number of carbonyl (C=O) groups is 1. The maximum absolute atomic E-state index is 10.6. The fourth-order valence-corrected chi connectivity index (χ4v) is 1.58. The summed E-state index contributed by atoms with van der Waals surface area (Å²) in [6.45, 7) is 1.84. The third-order valence-corrected chi connectivity index (χ3v) is 2.31. The van der Waals surface area contributed by atoms with Crippen molar-refractivity contribution in [3.8, 4) is 0 Å². The molecule has 1 unspecified atom stereocenters. The Morgan fingerprint density at radius 1 is 1.67 bits per heavy atom. The van der Waals surface area contributed by atoms with Crippen molar-refractivity contribution in [2.75, 3.05) is 0 Å². The molecule has 2 aromatic rings. The molecule has 0 aliphatic rings. The number of hydrogen-bond acceptors (Lipinski definition) is 3. The molecule has 0 bridgehead atoms. The van der Waals surface area contributed by atoms with E-state index in [1.807, 2.05) is 13.0 Å². The Bertz CT molecular complexity index is 492. The maximum atomic E-state index is 10.6. The van der Waals surface area contributed by atoms with E-state index in [1.54, 1.807) is 12.3 Å². The number of aliphatic carboxylic acids is 1. The number of carboxylic acid groups (broad SMARTS) is 1. The van der Waals surface area contributed by atoms with Crippen LogP contribution in [0.1, 0.15) is 25.0 Å². The first-order chi connectivity index (χ1) is 7.18. The van der Waals surface area contributed by atoms with E-state index >= 15 is 0 Å². The number of nitrogens with one attached hydrogen (secondary N) is 1. The Kier molecular flexibility index (Phi) is 2.37. The van der Waals surface area contributed by atoms with Crippen LogP contribution in [-0.2, 0) is 4.79 Å². The van der Waals surface area contributed by atoms with Crippen molar-refractivity contribution < 1.29 is 9.90 Å². The number of rotatable bonds is 3. The van der Waals surface area contributed by atoms with Crippen molar-refractivity contribution in [2.45, 2.75) is 19.3 Å². The van der Waals surface area contributed by atoms with Crippen LogP contribution in [0, 0.1) is 0 Å². The first-order valence-corrected chi connectivity index (χ1v) is 4.69. The second-order valence-electron chi connectivity index (χ2n) is 3.51. The third kappa shape index (κ3) is 1.81. The van der Waals surface area contributed by atoms with E-state index in [0.29, 0.717) is 0 Å². The number of carboxylic acids is 1. The van der Waals surface area contributed by atoms with E-state index in [-0.39, 0.29) is 12.3 Å². The average Bonchev–Trinajstić information content (AvgIpc) is 2.59. The largest absolute Gasteiger partial charge is 0.481 e. The second-order valence-corrected chi connectivity index (χ2v) is 3.51. The predicted molar refractivity (Wildman–Crippen MR) is 54.6 cm³/mol. The van der Waals surface area contributed by atoms with Gasteiger partial charge < -0.3 is 5.11 Å². The molecule has 0 saturated carbocycles. The van der Waals surface area contributed by atoms with Gasteiger partial charge in [-0.15, -0.1) is 0 Å². The fraction of sp³-hybridized carbons (Fsp3) is 0.300. The summed E-state index contributed by atoms with van der Waals surface area (Å²) < 4.78 is 0. The van der Waals surface area contributed by atoms with Gasteiger partial charge in [0.25, 0.3) is 0 Å². The van der Waals surface area contributed by atoms with Gasteiger partial charge in [0.05, 0.1) is 12.1 Å². The number of fused-ring (bicyclic) bond motifs is 1. The van der Waals surface area contributed by atoms with Crippen molar-refractivity contribution in [1.82, 2.24) is 15.2 Å². The first-order valence-electron chi connectivity index (χ1n) is 4.69. The van der Waals surface area contributed by atoms with E-state index in [0.717, 1.165) is 16.7 Å². The van der Waals surface area contributed by atoms with E-state index in [9.17, 15) is 4.79 Å². The zero-order valence-electron chi connectivity index (χ0n) is 8.27. The highest BCUT2D eigenvalue weighted by atomic mass is 16.4. The molecular formula is C10H11N3O2. The van der Waals surface area contributed by atoms with Crippen LogP contribution in [0.15, 0.2) is 18.3 Å². The minimum Gasteiger partial charge on any atom is -0.481 e. The topological polar surface area (TPSA) is 78.9 Å². The summed E-state index contributed by atoms with van der Waals surface area (Å²) in [5, 5.41) is 15.6. The molecule has 0 radical (unpaired) electrons. The van der Waals surface area contributed by atoms with E-state index < -0.39 is 5.97 Å². The highest BCUT2D eigenvalue weighted by Crippen LogP contribution is 2.23. The van der Waals surface area contributed by atoms with Crippen LogP contribution in [0.4, 0.5) is 0 Å². The fourth-order valence-electron chi connectivity index (χ4n) is 1.58. The molecule has 2 rings (SSSR count). The molecule has 0 fully saturated rings. The van der Waals surface area contributed by atoms with Crippen LogP contribution < -0.4 is 0 Å². The lowest BCUT2D eigenvalue weighted by Crippen LogP contribution is -2.03. The van der Waals surface area contributed by atoms with E-state index in [1.165, 1.54) is 0 Å². The molecule has 0 aliphatic heterocycles. The van der Waals surface area contributed by atoms with Gasteiger partial charge in [-0.3, -0.25) is 14.9 Å². The third-order valence-electron chi connectivity index (χ3n) is 2.31. The summed E-state index contributed by atoms with van der Waals surface area (Å²) in [6.07, 6.45) is 1.75. The number of aromatic amines is 1. The molecule has 78 valence electrons. The number of H-pyrrole nitrogens is 1. The number of nitrogens with zero attached hydrogens (tertiary/aromatic N) is 2. The van der Waals surface area contributed by atoms with Crippen LogP contribution in [0.2, 0.25) is 0 Å². The highest BCUT2D eigenvalue weighted by molar-refractivity contribution is 5.78. The lowest BCUT2D eigenvalue weighted by atomic mass is 10.0. The molecule has 1 atom stereocenters. The molecule has 2 aromatic heterocycles. The van der Waals surface area contributed by atoms with Gasteiger partial charge in [-0.2, -0.15) is 5.10 Å². The molecule has 5 heteroatoms. The zero-order valence-corrected chi connectivity index (χ0v) is 8.27. The molecule has 0 saturated heterocycles. The summed E-state index contributed by atoms with van der Waals surface area (Å²) in [5.74, 6) is -0.927. The monoisotopic (exact) mass is 205 g/mol. The molecule has 0 aromatic carbocycles. The first kappa shape index (κ1) is 9.64. The number of hydrogen-bond donors (Lipinski definition) is 2. The number of pyridine rings is 1. The van der Waals surface area contributed by atoms with Crippen LogP contribution in [0.5, 0.6) is 0 Å². The van der Waals surface area contributed by atoms with E-state index in [4.69, 9.17) is 5.11 Å². The standard InChI is InChI=1S/C10H11N3O2/c1-6(5-8(14)15)9-10-7(12-13-9)3-2-4-11-10/h2-4,6H,5H2,1H3,(H,12,13)(H,14,15). The molecule has 2 N–H and O–H groups in total. The average molecular weight is 205 g/mol. The Hall–Kier alpha value is -1.91. The van der Waals surface area contributed by atoms with Crippen LogP contribution >= 0.6 is 0 Å². The second kappa shape index (κ2) is 3.68. The summed E-state index contributed by atoms with van der Waals surface area (Å²) in [6, 6.07) is 3.64. The van der Waals surface area contributed by atoms with Crippen molar-refractivity contribution in [2.24, 2.45) is 0 Å². The summed E-state index contributed by atoms with van der Waals surface area (Å²) >= 11 is 0. The molecular weight excluding hydrogens is 194 g/mol. The van der Waals surface area contributed by atoms with Crippen LogP contribution in [-0.4, -0.2) is 26.3 Å². The van der Waals surface area contributed by atoms with Gasteiger partial charge in [0.2, 0.25) is 0 Å². The normalized spacial score (nSPS) is 12.9. The van der Waals surface area contributed by atoms with Gasteiger partial charge in [-0.1, -0.05) is 6.92 Å². The van der Waals surface area contributed by atoms with Gasteiger partial charge in [-0.05, 0) is 12.1 Å². The quantitative estimate of drug-likeness (QED) is 0.796. The highest BCUT2D eigenvalue weighted by Gasteiger charge is 2.16. The molecule has 5 nitrogen and oxygen atoms in total. The smallest absolute Gasteiger partial charge is 0.304 e. The summed E-state index contributed by atoms with van der Waals surface area (Å²) in [4.78, 5) is 14.8. The van der Waals surface area contributed by atoms with Crippen LogP contribution in [0.25, 0.3) is 11.0 Å². The lowest BCUT2D eigenvalue weighted by molar-refractivity contribution is -0.137. The molecule has 15 heavy (non-hydrogen) atoms. The molecule has 0 amide bonds. The minimum atomic E-state index is -0.818. The Morgan fingerprint density at radius 3 is 3.20 bits per heavy atom. The van der Waals surface area contributed by atoms with Crippen molar-refractivity contribution in [3.63, 3.8) is 0 Å². The van der Waals surface area contributed by atoms with Crippen molar-refractivity contribution in [3.05, 3.63) is 24.0 Å². The zero-order chi connectivity index (χ0) is 10.8. The van der Waals surface area contributed by atoms with Gasteiger partial charge in [0.15, 0.2) is 0 Å². The maximum Gasteiger partial charge on any atom is 0.304 e. The summed E-state index contributed by atoms with van der Waals surface area (Å²) in [7, 11) is 0. The van der Waals surface area contributed by atoms with Gasteiger partial charge in [0, 0.05) is 12.1 Å². The number of aromatic nitrogens is 3. The Labute approximate surface area is 86.1 Å². The van der Waals surface area contributed by atoms with Gasteiger partial charge in [-0.25, -0.2) is 0 Å². The summed E-state index contributed by atoms with van der Waals surface area (Å²) in [5.41, 5.74) is 2.31. The molecule has 0 spiro atoms. The SMILES string of the molecule is CC(CC(=O)O)c1[nH]nc2cccnc12. The molecule has 2 heterocycles. The lowest BCUT2D eigenvalue weighted by Gasteiger charge is -2.05. The van der Waals surface area contributed by atoms with Crippen molar-refractivity contribution >= 4 is 17.0 Å². The van der Waals surface area contributed by atoms with Gasteiger partial charge >= 0.3 is 5.97 Å². The molecule has 0 aliphatic carbocycles.